The Morgan fingerprint density at radius 2 is 2.33 bits per heavy atom. The molecule has 0 saturated heterocycles. The topological polar surface area (TPSA) is 53.1 Å². The second kappa shape index (κ2) is 2.14. The van der Waals surface area contributed by atoms with E-state index in [1.54, 1.807) is 6.07 Å². The number of thiol groups is 1. The highest BCUT2D eigenvalue weighted by molar-refractivity contribution is 7.80. The first-order chi connectivity index (χ1) is 4.20. The lowest BCUT2D eigenvalue weighted by Crippen LogP contribution is -1.94. The molecule has 0 amide bonds. The fourth-order valence-corrected chi connectivity index (χ4v) is 0.703. The number of aromatic nitrogens is 1. The van der Waals surface area contributed by atoms with Gasteiger partial charge in [0, 0.05) is 0 Å². The molecule has 0 atom stereocenters. The highest BCUT2D eigenvalue weighted by Crippen LogP contribution is 2.04. The summed E-state index contributed by atoms with van der Waals surface area (Å²) in [6.07, 6.45) is 0. The summed E-state index contributed by atoms with van der Waals surface area (Å²) in [6.45, 7) is 0. The molecule has 0 bridgehead atoms. The number of hydrogen-bond acceptors (Lipinski definition) is 2. The van der Waals surface area contributed by atoms with E-state index >= 15 is 0 Å². The Morgan fingerprint density at radius 3 is 2.56 bits per heavy atom. The van der Waals surface area contributed by atoms with Gasteiger partial charge in [-0.2, -0.15) is 0 Å². The molecule has 1 aromatic rings. The van der Waals surface area contributed by atoms with E-state index in [1.165, 1.54) is 6.07 Å². The van der Waals surface area contributed by atoms with Gasteiger partial charge in [-0.3, -0.25) is 0 Å². The lowest BCUT2D eigenvalue weighted by molar-refractivity contribution is 0.0691. The van der Waals surface area contributed by atoms with Crippen LogP contribution >= 0.6 is 12.6 Å². The van der Waals surface area contributed by atoms with Crippen LogP contribution in [0.2, 0.25) is 0 Å². The van der Waals surface area contributed by atoms with Crippen molar-refractivity contribution in [2.24, 2.45) is 0 Å². The molecule has 9 heavy (non-hydrogen) atoms. The van der Waals surface area contributed by atoms with Gasteiger partial charge >= 0.3 is 5.97 Å². The Morgan fingerprint density at radius 1 is 1.67 bits per heavy atom. The number of nitrogens with one attached hydrogen (secondary N) is 1. The summed E-state index contributed by atoms with van der Waals surface area (Å²) in [5, 5.41) is 8.90. The molecule has 0 radical (unpaired) electrons. The molecular formula is C5H5NO2S. The van der Waals surface area contributed by atoms with Crippen LogP contribution in [-0.4, -0.2) is 16.1 Å². The highest BCUT2D eigenvalue weighted by Gasteiger charge is 2.01. The summed E-state index contributed by atoms with van der Waals surface area (Å²) in [5.74, 6) is -0.963. The molecule has 0 aliphatic rings. The van der Waals surface area contributed by atoms with Gasteiger partial charge in [-0.15, -0.1) is 12.6 Å². The normalized spacial score (nSPS) is 9.44. The maximum Gasteiger partial charge on any atom is 0.352 e. The largest absolute Gasteiger partial charge is 0.477 e. The van der Waals surface area contributed by atoms with Crippen LogP contribution in [0.4, 0.5) is 0 Å². The predicted molar refractivity (Wildman–Crippen MR) is 35.0 cm³/mol. The van der Waals surface area contributed by atoms with Crippen molar-refractivity contribution in [2.75, 3.05) is 0 Å². The van der Waals surface area contributed by atoms with E-state index in [9.17, 15) is 4.79 Å². The molecule has 0 aliphatic heterocycles. The van der Waals surface area contributed by atoms with Crippen LogP contribution < -0.4 is 0 Å². The van der Waals surface area contributed by atoms with Crippen LogP contribution in [0.15, 0.2) is 17.2 Å². The van der Waals surface area contributed by atoms with Gasteiger partial charge in [-0.05, 0) is 12.1 Å². The van der Waals surface area contributed by atoms with Crippen molar-refractivity contribution in [3.8, 4) is 0 Å². The van der Waals surface area contributed by atoms with Gasteiger partial charge in [0.25, 0.3) is 0 Å². The summed E-state index contributed by atoms with van der Waals surface area (Å²) >= 11 is 3.88. The molecule has 1 aromatic heterocycles. The first-order valence-corrected chi connectivity index (χ1v) is 2.76. The van der Waals surface area contributed by atoms with E-state index in [0.717, 1.165) is 0 Å². The number of rotatable bonds is 1. The number of carbonyl (C=O) groups is 1. The molecule has 1 rings (SSSR count). The summed E-state index contributed by atoms with van der Waals surface area (Å²) < 4.78 is 0. The fourth-order valence-electron chi connectivity index (χ4n) is 0.508. The van der Waals surface area contributed by atoms with E-state index in [2.05, 4.69) is 17.6 Å². The molecular weight excluding hydrogens is 138 g/mol. The van der Waals surface area contributed by atoms with Crippen molar-refractivity contribution in [3.05, 3.63) is 17.8 Å². The molecule has 1 heterocycles. The molecule has 0 aliphatic carbocycles. The number of carboxylic acid groups (broad SMARTS) is 1. The van der Waals surface area contributed by atoms with Gasteiger partial charge < -0.3 is 10.1 Å². The molecule has 4 heteroatoms. The Balaban J connectivity index is 2.98. The van der Waals surface area contributed by atoms with E-state index < -0.39 is 5.97 Å². The van der Waals surface area contributed by atoms with Crippen LogP contribution in [0.25, 0.3) is 0 Å². The predicted octanol–water partition coefficient (Wildman–Crippen LogP) is 1.00. The third kappa shape index (κ3) is 1.26. The molecule has 0 fully saturated rings. The zero-order chi connectivity index (χ0) is 6.85. The minimum absolute atomic E-state index is 0.167. The number of aromatic amines is 1. The van der Waals surface area contributed by atoms with Crippen LogP contribution in [0.5, 0.6) is 0 Å². The summed E-state index contributed by atoms with van der Waals surface area (Å²) in [6, 6.07) is 3.05. The molecule has 0 saturated carbocycles. The number of H-pyrrole nitrogens is 1. The summed E-state index contributed by atoms with van der Waals surface area (Å²) in [7, 11) is 0. The van der Waals surface area contributed by atoms with Gasteiger partial charge in [0.1, 0.15) is 5.69 Å². The van der Waals surface area contributed by atoms with Crippen molar-refractivity contribution in [3.63, 3.8) is 0 Å². The van der Waals surface area contributed by atoms with Crippen molar-refractivity contribution >= 4 is 18.6 Å². The third-order valence-corrected chi connectivity index (χ3v) is 1.16. The number of hydrogen-bond donors (Lipinski definition) is 3. The number of aromatic carboxylic acids is 1. The smallest absolute Gasteiger partial charge is 0.352 e. The van der Waals surface area contributed by atoms with Crippen LogP contribution in [0, 0.1) is 0 Å². The lowest BCUT2D eigenvalue weighted by atomic mass is 10.4. The number of carboxylic acids is 1. The first-order valence-electron chi connectivity index (χ1n) is 2.31. The zero-order valence-corrected chi connectivity index (χ0v) is 5.35. The van der Waals surface area contributed by atoms with Crippen LogP contribution in [0.3, 0.4) is 0 Å². The average molecular weight is 143 g/mol. The SMILES string of the molecule is O=C(O)c1ccc(S)[nH]1. The maximum absolute atomic E-state index is 10.1. The lowest BCUT2D eigenvalue weighted by Gasteiger charge is -1.83. The van der Waals surface area contributed by atoms with Crippen LogP contribution in [0.1, 0.15) is 10.5 Å². The van der Waals surface area contributed by atoms with E-state index in [4.69, 9.17) is 5.11 Å². The van der Waals surface area contributed by atoms with Crippen LogP contribution in [-0.2, 0) is 0 Å². The minimum atomic E-state index is -0.963. The fraction of sp³-hybridized carbons (Fsp3) is 0. The van der Waals surface area contributed by atoms with Crippen molar-refractivity contribution < 1.29 is 9.90 Å². The monoisotopic (exact) mass is 143 g/mol. The Labute approximate surface area is 57.1 Å². The first kappa shape index (κ1) is 6.22. The third-order valence-electron chi connectivity index (χ3n) is 0.901. The van der Waals surface area contributed by atoms with Gasteiger partial charge in [0.2, 0.25) is 0 Å². The van der Waals surface area contributed by atoms with Crippen molar-refractivity contribution in [2.45, 2.75) is 5.03 Å². The standard InChI is InChI=1S/C5H5NO2S/c7-5(8)3-1-2-4(9)6-3/h1-2,6,9H,(H,7,8). The molecule has 2 N–H and O–H groups in total. The molecule has 3 nitrogen and oxygen atoms in total. The second-order valence-corrected chi connectivity index (χ2v) is 2.04. The second-order valence-electron chi connectivity index (χ2n) is 1.56. The molecule has 48 valence electrons. The quantitative estimate of drug-likeness (QED) is 0.514. The van der Waals surface area contributed by atoms with Gasteiger partial charge in [0.05, 0.1) is 5.03 Å². The summed E-state index contributed by atoms with van der Waals surface area (Å²) in [4.78, 5) is 12.7. The molecule has 0 unspecified atom stereocenters. The minimum Gasteiger partial charge on any atom is -0.477 e. The maximum atomic E-state index is 10.1. The highest BCUT2D eigenvalue weighted by atomic mass is 32.1. The van der Waals surface area contributed by atoms with E-state index in [0.29, 0.717) is 5.03 Å². The molecule has 0 aromatic carbocycles. The van der Waals surface area contributed by atoms with Gasteiger partial charge in [0.15, 0.2) is 0 Å². The summed E-state index contributed by atoms with van der Waals surface area (Å²) in [5.41, 5.74) is 0.167. The van der Waals surface area contributed by atoms with Gasteiger partial charge in [-0.25, -0.2) is 4.79 Å². The zero-order valence-electron chi connectivity index (χ0n) is 4.46. The average Bonchev–Trinajstić information content (AvgIpc) is 2.14. The van der Waals surface area contributed by atoms with Crippen molar-refractivity contribution in [1.82, 2.24) is 4.98 Å². The Kier molecular flexibility index (Phi) is 1.48. The Bertz CT molecular complexity index is 231. The van der Waals surface area contributed by atoms with E-state index in [1.807, 2.05) is 0 Å². The van der Waals surface area contributed by atoms with Gasteiger partial charge in [-0.1, -0.05) is 0 Å². The Hall–Kier alpha value is -0.900. The van der Waals surface area contributed by atoms with E-state index in [-0.39, 0.29) is 5.69 Å². The molecule has 0 spiro atoms. The van der Waals surface area contributed by atoms with Crippen molar-refractivity contribution in [1.29, 1.82) is 0 Å².